The van der Waals surface area contributed by atoms with Crippen molar-refractivity contribution >= 4 is 47.7 Å². The van der Waals surface area contributed by atoms with Gasteiger partial charge in [0.05, 0.1) is 26.5 Å². The number of amides is 1. The molecule has 0 saturated carbocycles. The van der Waals surface area contributed by atoms with Crippen LogP contribution in [0, 0.1) is 10.1 Å². The van der Waals surface area contributed by atoms with Gasteiger partial charge in [0.25, 0.3) is 11.6 Å². The predicted octanol–water partition coefficient (Wildman–Crippen LogP) is 2.54. The minimum atomic E-state index is -4.01. The fourth-order valence-corrected chi connectivity index (χ4v) is 5.76. The highest BCUT2D eigenvalue weighted by Gasteiger charge is 2.24. The lowest BCUT2D eigenvalue weighted by Gasteiger charge is -2.06. The smallest absolute Gasteiger partial charge is 0.269 e. The van der Waals surface area contributed by atoms with E-state index in [1.54, 1.807) is 0 Å². The first kappa shape index (κ1) is 21.5. The summed E-state index contributed by atoms with van der Waals surface area (Å²) in [5.41, 5.74) is -0.356. The molecule has 0 aliphatic rings. The Hall–Kier alpha value is -3.16. The van der Waals surface area contributed by atoms with Crippen LogP contribution in [-0.4, -0.2) is 38.9 Å². The third-order valence-corrected chi connectivity index (χ3v) is 8.16. The lowest BCUT2D eigenvalue weighted by Crippen LogP contribution is -2.15. The Labute approximate surface area is 175 Å². The van der Waals surface area contributed by atoms with Crippen LogP contribution < -0.4 is 5.32 Å². The molecule has 0 atom stereocenters. The van der Waals surface area contributed by atoms with E-state index < -0.39 is 30.5 Å². The van der Waals surface area contributed by atoms with E-state index in [0.717, 1.165) is 36.7 Å². The number of nitrogens with zero attached hydrogens (tertiary/aromatic N) is 2. The maximum Gasteiger partial charge on any atom is 0.269 e. The normalized spacial score (nSPS) is 11.8. The molecule has 10 nitrogen and oxygen atoms in total. The first-order chi connectivity index (χ1) is 14.0. The number of carbonyl (C=O) groups excluding carboxylic acids is 1. The van der Waals surface area contributed by atoms with Gasteiger partial charge in [-0.2, -0.15) is 0 Å². The summed E-state index contributed by atoms with van der Waals surface area (Å²) in [6.45, 7) is 0. The van der Waals surface area contributed by atoms with Crippen LogP contribution in [0.15, 0.2) is 68.7 Å². The lowest BCUT2D eigenvalue weighted by molar-refractivity contribution is -0.384. The maximum atomic E-state index is 12.7. The molecular weight excluding hydrogens is 454 g/mol. The van der Waals surface area contributed by atoms with Gasteiger partial charge in [-0.1, -0.05) is 23.5 Å². The maximum absolute atomic E-state index is 12.7. The van der Waals surface area contributed by atoms with E-state index in [4.69, 9.17) is 0 Å². The number of benzene rings is 2. The van der Waals surface area contributed by atoms with Gasteiger partial charge in [0.2, 0.25) is 9.84 Å². The summed E-state index contributed by atoms with van der Waals surface area (Å²) in [5, 5.41) is 13.0. The van der Waals surface area contributed by atoms with Gasteiger partial charge >= 0.3 is 0 Å². The van der Waals surface area contributed by atoms with Crippen molar-refractivity contribution in [1.29, 1.82) is 0 Å². The number of thiazole rings is 1. The minimum Gasteiger partial charge on any atom is -0.298 e. The molecule has 0 radical (unpaired) electrons. The van der Waals surface area contributed by atoms with Crippen molar-refractivity contribution in [2.75, 3.05) is 11.6 Å². The summed E-state index contributed by atoms with van der Waals surface area (Å²) in [6.07, 6.45) is 2.01. The molecule has 156 valence electrons. The Morgan fingerprint density at radius 3 is 2.30 bits per heavy atom. The Kier molecular flexibility index (Phi) is 5.70. The van der Waals surface area contributed by atoms with E-state index in [-0.39, 0.29) is 30.4 Å². The van der Waals surface area contributed by atoms with Gasteiger partial charge in [-0.15, -0.1) is 0 Å². The van der Waals surface area contributed by atoms with Gasteiger partial charge < -0.3 is 0 Å². The zero-order valence-corrected chi connectivity index (χ0v) is 17.6. The van der Waals surface area contributed by atoms with Crippen molar-refractivity contribution in [3.05, 3.63) is 70.4 Å². The Morgan fingerprint density at radius 1 is 1.07 bits per heavy atom. The highest BCUT2D eigenvalue weighted by atomic mass is 32.2. The van der Waals surface area contributed by atoms with Gasteiger partial charge in [-0.05, 0) is 24.3 Å². The van der Waals surface area contributed by atoms with Crippen LogP contribution in [0.2, 0.25) is 0 Å². The van der Waals surface area contributed by atoms with Crippen molar-refractivity contribution in [2.24, 2.45) is 0 Å². The number of hydrogen-bond donors (Lipinski definition) is 1. The van der Waals surface area contributed by atoms with Crippen molar-refractivity contribution in [3.63, 3.8) is 0 Å². The van der Waals surface area contributed by atoms with E-state index in [2.05, 4.69) is 10.3 Å². The molecule has 13 heteroatoms. The van der Waals surface area contributed by atoms with Gasteiger partial charge in [0.15, 0.2) is 15.0 Å². The molecule has 0 saturated heterocycles. The van der Waals surface area contributed by atoms with Crippen LogP contribution in [0.25, 0.3) is 0 Å². The molecule has 3 rings (SSSR count). The number of sulfone groups is 2. The Balaban J connectivity index is 1.87. The summed E-state index contributed by atoms with van der Waals surface area (Å²) in [6, 6.07) is 9.94. The van der Waals surface area contributed by atoms with Gasteiger partial charge in [-0.25, -0.2) is 21.8 Å². The number of anilines is 1. The predicted molar refractivity (Wildman–Crippen MR) is 108 cm³/mol. The van der Waals surface area contributed by atoms with E-state index in [1.807, 2.05) is 0 Å². The number of nitro groups is 1. The summed E-state index contributed by atoms with van der Waals surface area (Å²) in [7, 11) is -7.66. The highest BCUT2D eigenvalue weighted by Crippen LogP contribution is 2.30. The average molecular weight is 468 g/mol. The summed E-state index contributed by atoms with van der Waals surface area (Å²) < 4.78 is 48.9. The van der Waals surface area contributed by atoms with Crippen molar-refractivity contribution in [3.8, 4) is 0 Å². The summed E-state index contributed by atoms with van der Waals surface area (Å²) in [4.78, 5) is 26.1. The van der Waals surface area contributed by atoms with E-state index >= 15 is 0 Å². The number of carbonyl (C=O) groups is 1. The SMILES string of the molecule is CS(=O)(=O)c1ccccc1C(=O)Nc1ncc(S(=O)(=O)c2ccc([N+](=O)[O-])cc2)s1. The average Bonchev–Trinajstić information content (AvgIpc) is 3.16. The Morgan fingerprint density at radius 2 is 1.70 bits per heavy atom. The molecule has 1 N–H and O–H groups in total. The molecular formula is C17H13N3O7S3. The van der Waals surface area contributed by atoms with Crippen LogP contribution in [-0.2, 0) is 19.7 Å². The van der Waals surface area contributed by atoms with Gasteiger partial charge in [-0.3, -0.25) is 20.2 Å². The van der Waals surface area contributed by atoms with Gasteiger partial charge in [0.1, 0.15) is 4.21 Å². The second kappa shape index (κ2) is 7.93. The number of rotatable bonds is 6. The van der Waals surface area contributed by atoms with Crippen LogP contribution >= 0.6 is 11.3 Å². The number of non-ortho nitro benzene ring substituents is 1. The summed E-state index contributed by atoms with van der Waals surface area (Å²) >= 11 is 0.667. The highest BCUT2D eigenvalue weighted by molar-refractivity contribution is 7.93. The monoisotopic (exact) mass is 467 g/mol. The molecule has 3 aromatic rings. The van der Waals surface area contributed by atoms with Crippen LogP contribution in [0.3, 0.4) is 0 Å². The lowest BCUT2D eigenvalue weighted by atomic mass is 10.2. The molecule has 0 bridgehead atoms. The minimum absolute atomic E-state index is 0.0520. The number of nitrogens with one attached hydrogen (secondary N) is 1. The second-order valence-corrected chi connectivity index (χ2v) is 11.2. The standard InChI is InChI=1S/C17H13N3O7S3/c1-29(24,25)14-5-3-2-4-13(14)16(21)19-17-18-10-15(28-17)30(26,27)12-8-6-11(7-9-12)20(22)23/h2-10H,1H3,(H,18,19,21). The second-order valence-electron chi connectivity index (χ2n) is 5.96. The fraction of sp³-hybridized carbons (Fsp3) is 0.0588. The van der Waals surface area contributed by atoms with Crippen molar-refractivity contribution in [2.45, 2.75) is 14.0 Å². The van der Waals surface area contributed by atoms with Crippen LogP contribution in [0.4, 0.5) is 10.8 Å². The third kappa shape index (κ3) is 4.37. The van der Waals surface area contributed by atoms with E-state index in [0.29, 0.717) is 11.3 Å². The first-order valence-electron chi connectivity index (χ1n) is 8.06. The molecule has 0 aliphatic heterocycles. The molecule has 1 heterocycles. The molecule has 2 aromatic carbocycles. The van der Waals surface area contributed by atoms with E-state index in [1.165, 1.54) is 24.3 Å². The van der Waals surface area contributed by atoms with Crippen molar-refractivity contribution < 1.29 is 26.6 Å². The number of hydrogen-bond acceptors (Lipinski definition) is 9. The largest absolute Gasteiger partial charge is 0.298 e. The third-order valence-electron chi connectivity index (χ3n) is 3.86. The number of nitro benzene ring substituents is 1. The zero-order chi connectivity index (χ0) is 22.1. The molecule has 0 unspecified atom stereocenters. The molecule has 1 aromatic heterocycles. The molecule has 1 amide bonds. The molecule has 0 fully saturated rings. The number of aromatic nitrogens is 1. The first-order valence-corrected chi connectivity index (χ1v) is 12.2. The van der Waals surface area contributed by atoms with E-state index in [9.17, 15) is 31.7 Å². The van der Waals surface area contributed by atoms with Gasteiger partial charge in [0, 0.05) is 18.4 Å². The van der Waals surface area contributed by atoms with Crippen molar-refractivity contribution in [1.82, 2.24) is 4.98 Å². The topological polar surface area (TPSA) is 153 Å². The molecule has 0 aliphatic carbocycles. The zero-order valence-electron chi connectivity index (χ0n) is 15.2. The Bertz CT molecular complexity index is 1350. The quantitative estimate of drug-likeness (QED) is 0.428. The summed E-state index contributed by atoms with van der Waals surface area (Å²) in [5.74, 6) is -0.760. The molecule has 0 spiro atoms. The van der Waals surface area contributed by atoms with Crippen LogP contribution in [0.5, 0.6) is 0 Å². The van der Waals surface area contributed by atoms with Crippen LogP contribution in [0.1, 0.15) is 10.4 Å². The fourth-order valence-electron chi connectivity index (χ4n) is 2.45. The molecule has 30 heavy (non-hydrogen) atoms.